The Kier molecular flexibility index (Phi) is 3.19. The van der Waals surface area contributed by atoms with Gasteiger partial charge < -0.3 is 10.8 Å². The van der Waals surface area contributed by atoms with Gasteiger partial charge >= 0.3 is 5.97 Å². The van der Waals surface area contributed by atoms with Crippen LogP contribution < -0.4 is 5.73 Å². The summed E-state index contributed by atoms with van der Waals surface area (Å²) < 4.78 is 13.1. The van der Waals surface area contributed by atoms with Gasteiger partial charge in [0.25, 0.3) is 0 Å². The van der Waals surface area contributed by atoms with E-state index < -0.39 is 11.8 Å². The van der Waals surface area contributed by atoms with Gasteiger partial charge in [-0.2, -0.15) is 0 Å². The largest absolute Gasteiger partial charge is 0.478 e. The lowest BCUT2D eigenvalue weighted by Gasteiger charge is -2.05. The van der Waals surface area contributed by atoms with Crippen LogP contribution in [0.5, 0.6) is 0 Å². The van der Waals surface area contributed by atoms with Crippen molar-refractivity contribution in [1.29, 1.82) is 0 Å². The fourth-order valence-electron chi connectivity index (χ4n) is 1.23. The molecule has 1 aromatic carbocycles. The number of benzene rings is 1. The molecule has 0 amide bonds. The van der Waals surface area contributed by atoms with E-state index in [2.05, 4.69) is 0 Å². The molecule has 0 aliphatic carbocycles. The SMILES string of the molecule is C[C@@H](N)Cc1ccc(C(=O)O)c(F)c1. The van der Waals surface area contributed by atoms with E-state index in [0.29, 0.717) is 12.0 Å². The summed E-state index contributed by atoms with van der Waals surface area (Å²) >= 11 is 0. The van der Waals surface area contributed by atoms with Crippen molar-refractivity contribution in [2.75, 3.05) is 0 Å². The molecule has 0 spiro atoms. The Morgan fingerprint density at radius 1 is 1.64 bits per heavy atom. The number of aromatic carboxylic acids is 1. The quantitative estimate of drug-likeness (QED) is 0.770. The minimum Gasteiger partial charge on any atom is -0.478 e. The third kappa shape index (κ3) is 2.53. The summed E-state index contributed by atoms with van der Waals surface area (Å²) in [6.45, 7) is 1.81. The number of carboxylic acid groups (broad SMARTS) is 1. The topological polar surface area (TPSA) is 63.3 Å². The van der Waals surface area contributed by atoms with Gasteiger partial charge in [-0.05, 0) is 31.0 Å². The van der Waals surface area contributed by atoms with Crippen molar-refractivity contribution >= 4 is 5.97 Å². The predicted molar refractivity (Wildman–Crippen MR) is 50.7 cm³/mol. The van der Waals surface area contributed by atoms with E-state index in [9.17, 15) is 9.18 Å². The summed E-state index contributed by atoms with van der Waals surface area (Å²) in [4.78, 5) is 10.5. The van der Waals surface area contributed by atoms with Crippen LogP contribution in [0.4, 0.5) is 4.39 Å². The first-order valence-electron chi connectivity index (χ1n) is 4.28. The molecule has 0 radical (unpaired) electrons. The average molecular weight is 197 g/mol. The molecule has 0 aliphatic heterocycles. The highest BCUT2D eigenvalue weighted by atomic mass is 19.1. The Bertz CT molecular complexity index is 350. The summed E-state index contributed by atoms with van der Waals surface area (Å²) in [5, 5.41) is 8.57. The van der Waals surface area contributed by atoms with Gasteiger partial charge in [-0.25, -0.2) is 9.18 Å². The van der Waals surface area contributed by atoms with E-state index in [1.165, 1.54) is 12.1 Å². The molecule has 3 nitrogen and oxygen atoms in total. The van der Waals surface area contributed by atoms with Gasteiger partial charge in [-0.1, -0.05) is 6.07 Å². The standard InChI is InChI=1S/C10H12FNO2/c1-6(12)4-7-2-3-8(10(13)14)9(11)5-7/h2-3,5-6H,4,12H2,1H3,(H,13,14)/t6-/m1/s1. The highest BCUT2D eigenvalue weighted by Gasteiger charge is 2.10. The minimum absolute atomic E-state index is 0.0647. The van der Waals surface area contributed by atoms with Gasteiger partial charge in [0, 0.05) is 6.04 Å². The number of hydrogen-bond acceptors (Lipinski definition) is 2. The second-order valence-corrected chi connectivity index (χ2v) is 3.30. The van der Waals surface area contributed by atoms with E-state index in [1.807, 2.05) is 6.92 Å². The van der Waals surface area contributed by atoms with Crippen molar-refractivity contribution in [1.82, 2.24) is 0 Å². The van der Waals surface area contributed by atoms with Crippen molar-refractivity contribution in [3.8, 4) is 0 Å². The van der Waals surface area contributed by atoms with Crippen LogP contribution in [-0.4, -0.2) is 17.1 Å². The molecule has 0 aliphatic rings. The van der Waals surface area contributed by atoms with Gasteiger partial charge in [0.05, 0.1) is 5.56 Å². The van der Waals surface area contributed by atoms with Crippen LogP contribution >= 0.6 is 0 Å². The minimum atomic E-state index is -1.25. The van der Waals surface area contributed by atoms with Crippen molar-refractivity contribution in [3.63, 3.8) is 0 Å². The normalized spacial score (nSPS) is 12.5. The Labute approximate surface area is 81.4 Å². The van der Waals surface area contributed by atoms with Gasteiger partial charge in [0.15, 0.2) is 0 Å². The maximum Gasteiger partial charge on any atom is 0.338 e. The first-order valence-corrected chi connectivity index (χ1v) is 4.28. The molecule has 0 aromatic heterocycles. The summed E-state index contributed by atoms with van der Waals surface area (Å²) in [7, 11) is 0. The lowest BCUT2D eigenvalue weighted by atomic mass is 10.1. The second kappa shape index (κ2) is 4.19. The van der Waals surface area contributed by atoms with Crippen LogP contribution in [0.1, 0.15) is 22.8 Å². The van der Waals surface area contributed by atoms with Crippen molar-refractivity contribution in [2.45, 2.75) is 19.4 Å². The van der Waals surface area contributed by atoms with Crippen LogP contribution in [-0.2, 0) is 6.42 Å². The van der Waals surface area contributed by atoms with E-state index >= 15 is 0 Å². The zero-order chi connectivity index (χ0) is 10.7. The average Bonchev–Trinajstić information content (AvgIpc) is 2.01. The number of rotatable bonds is 3. The van der Waals surface area contributed by atoms with Crippen molar-refractivity contribution < 1.29 is 14.3 Å². The van der Waals surface area contributed by atoms with E-state index in [0.717, 1.165) is 0 Å². The molecule has 1 aromatic rings. The molecule has 0 saturated heterocycles. The molecular weight excluding hydrogens is 185 g/mol. The summed E-state index contributed by atoms with van der Waals surface area (Å²) in [6, 6.07) is 3.99. The maximum absolute atomic E-state index is 13.1. The van der Waals surface area contributed by atoms with Crippen LogP contribution in [0.3, 0.4) is 0 Å². The molecule has 76 valence electrons. The Balaban J connectivity index is 2.94. The number of nitrogens with two attached hydrogens (primary N) is 1. The summed E-state index contributed by atoms with van der Waals surface area (Å²) in [6.07, 6.45) is 0.539. The Morgan fingerprint density at radius 2 is 2.29 bits per heavy atom. The summed E-state index contributed by atoms with van der Waals surface area (Å²) in [5.41, 5.74) is 5.94. The first-order chi connectivity index (χ1) is 6.50. The third-order valence-electron chi connectivity index (χ3n) is 1.82. The van der Waals surface area contributed by atoms with Gasteiger partial charge in [0.2, 0.25) is 0 Å². The molecule has 1 rings (SSSR count). The van der Waals surface area contributed by atoms with Crippen LogP contribution in [0.15, 0.2) is 18.2 Å². The molecule has 3 N–H and O–H groups in total. The van der Waals surface area contributed by atoms with E-state index in [-0.39, 0.29) is 11.6 Å². The number of carboxylic acids is 1. The lowest BCUT2D eigenvalue weighted by molar-refractivity contribution is 0.0692. The molecule has 14 heavy (non-hydrogen) atoms. The lowest BCUT2D eigenvalue weighted by Crippen LogP contribution is -2.18. The van der Waals surface area contributed by atoms with E-state index in [1.54, 1.807) is 6.07 Å². The molecule has 0 saturated carbocycles. The molecule has 0 bridgehead atoms. The predicted octanol–water partition coefficient (Wildman–Crippen LogP) is 1.41. The van der Waals surface area contributed by atoms with E-state index in [4.69, 9.17) is 10.8 Å². The number of carbonyl (C=O) groups is 1. The van der Waals surface area contributed by atoms with Crippen molar-refractivity contribution in [3.05, 3.63) is 35.1 Å². The fourth-order valence-corrected chi connectivity index (χ4v) is 1.23. The number of hydrogen-bond donors (Lipinski definition) is 2. The molecular formula is C10H12FNO2. The fraction of sp³-hybridized carbons (Fsp3) is 0.300. The zero-order valence-electron chi connectivity index (χ0n) is 7.83. The van der Waals surface area contributed by atoms with Crippen LogP contribution in [0.25, 0.3) is 0 Å². The zero-order valence-corrected chi connectivity index (χ0v) is 7.83. The molecule has 0 unspecified atom stereocenters. The van der Waals surface area contributed by atoms with Crippen LogP contribution in [0, 0.1) is 5.82 Å². The smallest absolute Gasteiger partial charge is 0.338 e. The molecule has 0 heterocycles. The van der Waals surface area contributed by atoms with Crippen molar-refractivity contribution in [2.24, 2.45) is 5.73 Å². The highest BCUT2D eigenvalue weighted by Crippen LogP contribution is 2.11. The van der Waals surface area contributed by atoms with Gasteiger partial charge in [-0.3, -0.25) is 0 Å². The first kappa shape index (κ1) is 10.7. The Morgan fingerprint density at radius 3 is 2.71 bits per heavy atom. The highest BCUT2D eigenvalue weighted by molar-refractivity contribution is 5.87. The third-order valence-corrected chi connectivity index (χ3v) is 1.82. The molecule has 1 atom stereocenters. The molecule has 0 fully saturated rings. The monoisotopic (exact) mass is 197 g/mol. The summed E-state index contributed by atoms with van der Waals surface area (Å²) in [5.74, 6) is -1.97. The maximum atomic E-state index is 13.1. The molecule has 4 heteroatoms. The van der Waals surface area contributed by atoms with Crippen LogP contribution in [0.2, 0.25) is 0 Å². The van der Waals surface area contributed by atoms with Gasteiger partial charge in [0.1, 0.15) is 5.82 Å². The van der Waals surface area contributed by atoms with Gasteiger partial charge in [-0.15, -0.1) is 0 Å². The number of halogens is 1. The second-order valence-electron chi connectivity index (χ2n) is 3.30. The Hall–Kier alpha value is -1.42.